The first-order valence-electron chi connectivity index (χ1n) is 8.54. The first kappa shape index (κ1) is 20.4. The van der Waals surface area contributed by atoms with Crippen molar-refractivity contribution in [2.75, 3.05) is 36.5 Å². The summed E-state index contributed by atoms with van der Waals surface area (Å²) in [5.41, 5.74) is 10.3. The van der Waals surface area contributed by atoms with Gasteiger partial charge >= 0.3 is 0 Å². The molecule has 1 aromatic carbocycles. The smallest absolute Gasteiger partial charge is 0.193 e. The maximum Gasteiger partial charge on any atom is 0.193 e. The molecule has 0 aliphatic carbocycles. The highest BCUT2D eigenvalue weighted by molar-refractivity contribution is 14.0. The molecular weight excluding hydrogens is 441 g/mol. The van der Waals surface area contributed by atoms with Crippen molar-refractivity contribution >= 4 is 41.4 Å². The zero-order chi connectivity index (χ0) is 17.6. The van der Waals surface area contributed by atoms with Crippen LogP contribution < -0.4 is 16.0 Å². The molecule has 1 aliphatic rings. The molecule has 7 heteroatoms. The van der Waals surface area contributed by atoms with Crippen LogP contribution in [0, 0.1) is 13.8 Å². The first-order valence-corrected chi connectivity index (χ1v) is 8.54. The first-order chi connectivity index (χ1) is 12.1. The number of halogens is 1. The molecule has 26 heavy (non-hydrogen) atoms. The average molecular weight is 467 g/mol. The topological polar surface area (TPSA) is 75.8 Å². The number of morpholine rings is 1. The number of ether oxygens (including phenoxy) is 1. The van der Waals surface area contributed by atoms with Crippen molar-refractivity contribution in [3.63, 3.8) is 0 Å². The highest BCUT2D eigenvalue weighted by Gasteiger charge is 2.12. The summed E-state index contributed by atoms with van der Waals surface area (Å²) in [6.07, 6.45) is 0. The zero-order valence-electron chi connectivity index (χ0n) is 15.2. The predicted octanol–water partition coefficient (Wildman–Crippen LogP) is 3.08. The number of anilines is 2. The Morgan fingerprint density at radius 3 is 2.69 bits per heavy atom. The second-order valence-corrected chi connectivity index (χ2v) is 6.21. The van der Waals surface area contributed by atoms with Gasteiger partial charge in [0.1, 0.15) is 5.82 Å². The van der Waals surface area contributed by atoms with Crippen molar-refractivity contribution < 1.29 is 4.74 Å². The highest BCUT2D eigenvalue weighted by atomic mass is 127. The average Bonchev–Trinajstić information content (AvgIpc) is 2.64. The molecular formula is C19H26IN5O. The normalized spacial score (nSPS) is 14.7. The number of aryl methyl sites for hydroxylation is 2. The number of hydrogen-bond donors (Lipinski definition) is 2. The van der Waals surface area contributed by atoms with Crippen LogP contribution in [0.4, 0.5) is 11.5 Å². The lowest BCUT2D eigenvalue weighted by Gasteiger charge is -2.27. The summed E-state index contributed by atoms with van der Waals surface area (Å²) < 4.78 is 5.39. The molecule has 2 aromatic rings. The number of aliphatic imine (C=N–C) groups is 1. The maximum atomic E-state index is 6.01. The van der Waals surface area contributed by atoms with Crippen LogP contribution in [0.1, 0.15) is 16.8 Å². The van der Waals surface area contributed by atoms with Gasteiger partial charge in [0.05, 0.1) is 25.5 Å². The summed E-state index contributed by atoms with van der Waals surface area (Å²) in [4.78, 5) is 11.3. The molecule has 140 valence electrons. The van der Waals surface area contributed by atoms with Gasteiger partial charge in [-0.3, -0.25) is 0 Å². The number of aromatic nitrogens is 1. The lowest BCUT2D eigenvalue weighted by atomic mass is 10.1. The van der Waals surface area contributed by atoms with Crippen LogP contribution in [0.2, 0.25) is 0 Å². The third-order valence-electron chi connectivity index (χ3n) is 4.32. The molecule has 1 fully saturated rings. The van der Waals surface area contributed by atoms with E-state index in [9.17, 15) is 0 Å². The van der Waals surface area contributed by atoms with Gasteiger partial charge in [0.15, 0.2) is 5.96 Å². The Balaban J connectivity index is 0.00000243. The molecule has 0 bridgehead atoms. The van der Waals surface area contributed by atoms with E-state index in [0.717, 1.165) is 43.5 Å². The van der Waals surface area contributed by atoms with Crippen LogP contribution in [0.3, 0.4) is 0 Å². The van der Waals surface area contributed by atoms with E-state index in [0.29, 0.717) is 12.5 Å². The van der Waals surface area contributed by atoms with Crippen LogP contribution in [0.5, 0.6) is 0 Å². The van der Waals surface area contributed by atoms with E-state index in [1.165, 1.54) is 11.1 Å². The summed E-state index contributed by atoms with van der Waals surface area (Å²) >= 11 is 0. The van der Waals surface area contributed by atoms with Crippen molar-refractivity contribution in [2.45, 2.75) is 20.4 Å². The van der Waals surface area contributed by atoms with Gasteiger partial charge < -0.3 is 20.7 Å². The van der Waals surface area contributed by atoms with Crippen molar-refractivity contribution in [3.05, 3.63) is 53.2 Å². The largest absolute Gasteiger partial charge is 0.378 e. The van der Waals surface area contributed by atoms with Gasteiger partial charge in [-0.05, 0) is 49.2 Å². The fourth-order valence-electron chi connectivity index (χ4n) is 2.70. The lowest BCUT2D eigenvalue weighted by Crippen LogP contribution is -2.36. The van der Waals surface area contributed by atoms with Crippen LogP contribution >= 0.6 is 24.0 Å². The molecule has 0 saturated carbocycles. The Hall–Kier alpha value is -1.87. The van der Waals surface area contributed by atoms with E-state index in [1.54, 1.807) is 0 Å². The number of rotatable bonds is 4. The molecule has 3 N–H and O–H groups in total. The minimum atomic E-state index is 0. The Kier molecular flexibility index (Phi) is 7.65. The summed E-state index contributed by atoms with van der Waals surface area (Å²) in [7, 11) is 0. The lowest BCUT2D eigenvalue weighted by molar-refractivity contribution is 0.122. The van der Waals surface area contributed by atoms with Crippen LogP contribution in [0.15, 0.2) is 41.4 Å². The molecule has 0 unspecified atom stereocenters. The number of nitrogens with one attached hydrogen (secondary N) is 1. The molecule has 0 amide bonds. The second kappa shape index (κ2) is 9.72. The Morgan fingerprint density at radius 1 is 1.19 bits per heavy atom. The Labute approximate surface area is 171 Å². The summed E-state index contributed by atoms with van der Waals surface area (Å²) in [6.45, 7) is 7.85. The van der Waals surface area contributed by atoms with E-state index in [2.05, 4.69) is 46.2 Å². The number of nitrogens with zero attached hydrogens (tertiary/aromatic N) is 3. The van der Waals surface area contributed by atoms with Crippen LogP contribution in [0.25, 0.3) is 0 Å². The van der Waals surface area contributed by atoms with Crippen molar-refractivity contribution in [1.29, 1.82) is 0 Å². The number of nitrogens with two attached hydrogens (primary N) is 1. The molecule has 0 radical (unpaired) electrons. The van der Waals surface area contributed by atoms with Gasteiger partial charge in [-0.15, -0.1) is 24.0 Å². The van der Waals surface area contributed by atoms with Gasteiger partial charge in [0.2, 0.25) is 0 Å². The molecule has 0 spiro atoms. The fraction of sp³-hybridized carbons (Fsp3) is 0.368. The molecule has 1 aliphatic heterocycles. The molecule has 3 rings (SSSR count). The molecule has 2 heterocycles. The van der Waals surface area contributed by atoms with E-state index < -0.39 is 0 Å². The molecule has 6 nitrogen and oxygen atoms in total. The van der Waals surface area contributed by atoms with Gasteiger partial charge in [-0.2, -0.15) is 0 Å². The monoisotopic (exact) mass is 467 g/mol. The van der Waals surface area contributed by atoms with Crippen LogP contribution in [-0.4, -0.2) is 37.2 Å². The quantitative estimate of drug-likeness (QED) is 0.411. The van der Waals surface area contributed by atoms with Gasteiger partial charge in [0, 0.05) is 18.8 Å². The number of benzene rings is 1. The third kappa shape index (κ3) is 5.57. The summed E-state index contributed by atoms with van der Waals surface area (Å²) in [6, 6.07) is 12.1. The fourth-order valence-corrected chi connectivity index (χ4v) is 2.70. The van der Waals surface area contributed by atoms with Gasteiger partial charge in [-0.25, -0.2) is 9.98 Å². The van der Waals surface area contributed by atoms with Crippen molar-refractivity contribution in [3.8, 4) is 0 Å². The second-order valence-electron chi connectivity index (χ2n) is 6.21. The SMILES string of the molecule is Cc1ccc(NC(N)=NCc2cccc(N3CCOCC3)n2)cc1C.I. The van der Waals surface area contributed by atoms with E-state index >= 15 is 0 Å². The Bertz CT molecular complexity index is 759. The molecule has 0 atom stereocenters. The number of hydrogen-bond acceptors (Lipinski definition) is 4. The molecule has 1 aromatic heterocycles. The van der Waals surface area contributed by atoms with Crippen LogP contribution in [-0.2, 0) is 11.3 Å². The molecule has 1 saturated heterocycles. The van der Waals surface area contributed by atoms with Gasteiger partial charge in [0.25, 0.3) is 0 Å². The summed E-state index contributed by atoms with van der Waals surface area (Å²) in [5.74, 6) is 1.36. The zero-order valence-corrected chi connectivity index (χ0v) is 17.6. The minimum absolute atomic E-state index is 0. The standard InChI is InChI=1S/C19H25N5O.HI/c1-14-6-7-16(12-15(14)2)23-19(20)21-13-17-4-3-5-18(22-17)24-8-10-25-11-9-24;/h3-7,12H,8-11,13H2,1-2H3,(H3,20,21,23);1H. The van der Waals surface area contributed by atoms with Crippen molar-refractivity contribution in [2.24, 2.45) is 10.7 Å². The highest BCUT2D eigenvalue weighted by Crippen LogP contribution is 2.15. The van der Waals surface area contributed by atoms with Crippen molar-refractivity contribution in [1.82, 2.24) is 4.98 Å². The Morgan fingerprint density at radius 2 is 1.96 bits per heavy atom. The van der Waals surface area contributed by atoms with E-state index in [1.807, 2.05) is 24.3 Å². The van der Waals surface area contributed by atoms with E-state index in [4.69, 9.17) is 10.5 Å². The number of guanidine groups is 1. The summed E-state index contributed by atoms with van der Waals surface area (Å²) in [5, 5.41) is 3.13. The maximum absolute atomic E-state index is 6.01. The van der Waals surface area contributed by atoms with Gasteiger partial charge in [-0.1, -0.05) is 12.1 Å². The number of pyridine rings is 1. The third-order valence-corrected chi connectivity index (χ3v) is 4.32. The minimum Gasteiger partial charge on any atom is -0.378 e. The predicted molar refractivity (Wildman–Crippen MR) is 118 cm³/mol. The van der Waals surface area contributed by atoms with E-state index in [-0.39, 0.29) is 24.0 Å².